The van der Waals surface area contributed by atoms with Crippen LogP contribution in [0.1, 0.15) is 18.4 Å². The highest BCUT2D eigenvalue weighted by Crippen LogP contribution is 2.20. The van der Waals surface area contributed by atoms with Crippen LogP contribution in [-0.4, -0.2) is 29.9 Å². The molecule has 0 atom stereocenters. The van der Waals surface area contributed by atoms with E-state index >= 15 is 0 Å². The summed E-state index contributed by atoms with van der Waals surface area (Å²) in [5, 5.41) is 9.12. The minimum absolute atomic E-state index is 0.0308. The van der Waals surface area contributed by atoms with Gasteiger partial charge in [-0.1, -0.05) is 0 Å². The highest BCUT2D eigenvalue weighted by Gasteiger charge is 2.15. The Morgan fingerprint density at radius 1 is 1.44 bits per heavy atom. The molecule has 88 valence electrons. The summed E-state index contributed by atoms with van der Waals surface area (Å²) >= 11 is 0. The van der Waals surface area contributed by atoms with E-state index < -0.39 is 0 Å². The second kappa shape index (κ2) is 5.82. The lowest BCUT2D eigenvalue weighted by atomic mass is 10.0. The van der Waals surface area contributed by atoms with Crippen LogP contribution in [0, 0.1) is 5.92 Å². The van der Waals surface area contributed by atoms with Crippen LogP contribution in [0.4, 0.5) is 0 Å². The minimum atomic E-state index is -0.0308. The average Bonchev–Trinajstić information content (AvgIpc) is 2.38. The molecule has 1 aromatic rings. The number of rotatable bonds is 4. The van der Waals surface area contributed by atoms with E-state index in [4.69, 9.17) is 14.6 Å². The summed E-state index contributed by atoms with van der Waals surface area (Å²) in [5.74, 6) is 1.30. The zero-order chi connectivity index (χ0) is 11.2. The molecule has 0 aromatic carbocycles. The second-order valence-electron chi connectivity index (χ2n) is 4.01. The van der Waals surface area contributed by atoms with Crippen LogP contribution in [0.3, 0.4) is 0 Å². The molecule has 4 nitrogen and oxygen atoms in total. The number of pyridine rings is 1. The fraction of sp³-hybridized carbons (Fsp3) is 0.583. The number of aliphatic hydroxyl groups is 1. The number of nitrogens with zero attached hydrogens (tertiary/aromatic N) is 1. The van der Waals surface area contributed by atoms with Crippen LogP contribution in [-0.2, 0) is 11.3 Å². The van der Waals surface area contributed by atoms with Crippen LogP contribution in [0.2, 0.25) is 0 Å². The van der Waals surface area contributed by atoms with Crippen molar-refractivity contribution >= 4 is 0 Å². The number of ether oxygens (including phenoxy) is 2. The van der Waals surface area contributed by atoms with Crippen LogP contribution in [0.25, 0.3) is 0 Å². The quantitative estimate of drug-likeness (QED) is 0.837. The standard InChI is InChI=1S/C12H17NO3/c14-8-11-7-13-4-1-12(11)16-9-10-2-5-15-6-3-10/h1,4,7,10,14H,2-3,5-6,8-9H2. The molecule has 1 saturated heterocycles. The van der Waals surface area contributed by atoms with E-state index in [9.17, 15) is 0 Å². The summed E-state index contributed by atoms with van der Waals surface area (Å²) in [6, 6.07) is 1.80. The van der Waals surface area contributed by atoms with Crippen molar-refractivity contribution in [2.75, 3.05) is 19.8 Å². The van der Waals surface area contributed by atoms with E-state index in [2.05, 4.69) is 4.98 Å². The van der Waals surface area contributed by atoms with Crippen LogP contribution >= 0.6 is 0 Å². The smallest absolute Gasteiger partial charge is 0.127 e. The molecule has 0 spiro atoms. The Morgan fingerprint density at radius 2 is 2.25 bits per heavy atom. The number of aliphatic hydroxyl groups excluding tert-OH is 1. The van der Waals surface area contributed by atoms with Crippen molar-refractivity contribution in [3.63, 3.8) is 0 Å². The lowest BCUT2D eigenvalue weighted by Gasteiger charge is -2.22. The van der Waals surface area contributed by atoms with Gasteiger partial charge < -0.3 is 14.6 Å². The van der Waals surface area contributed by atoms with E-state index in [0.29, 0.717) is 12.5 Å². The van der Waals surface area contributed by atoms with Crippen molar-refractivity contribution in [2.24, 2.45) is 5.92 Å². The van der Waals surface area contributed by atoms with Gasteiger partial charge in [0.25, 0.3) is 0 Å². The van der Waals surface area contributed by atoms with Gasteiger partial charge in [-0.2, -0.15) is 0 Å². The van der Waals surface area contributed by atoms with Gasteiger partial charge in [0.2, 0.25) is 0 Å². The van der Waals surface area contributed by atoms with Crippen molar-refractivity contribution in [3.8, 4) is 5.75 Å². The molecule has 1 aliphatic heterocycles. The zero-order valence-electron chi connectivity index (χ0n) is 9.26. The third-order valence-electron chi connectivity index (χ3n) is 2.84. The van der Waals surface area contributed by atoms with Crippen LogP contribution < -0.4 is 4.74 Å². The molecule has 1 aliphatic rings. The minimum Gasteiger partial charge on any atom is -0.493 e. The summed E-state index contributed by atoms with van der Waals surface area (Å²) in [6.07, 6.45) is 5.43. The molecule has 1 N–H and O–H groups in total. The molecular weight excluding hydrogens is 206 g/mol. The summed E-state index contributed by atoms with van der Waals surface area (Å²) in [6.45, 7) is 2.33. The predicted octanol–water partition coefficient (Wildman–Crippen LogP) is 1.38. The Morgan fingerprint density at radius 3 is 3.00 bits per heavy atom. The fourth-order valence-corrected chi connectivity index (χ4v) is 1.79. The maximum Gasteiger partial charge on any atom is 0.127 e. The summed E-state index contributed by atoms with van der Waals surface area (Å²) in [4.78, 5) is 3.95. The molecule has 0 aliphatic carbocycles. The molecule has 0 saturated carbocycles. The van der Waals surface area contributed by atoms with Crippen LogP contribution in [0.15, 0.2) is 18.5 Å². The van der Waals surface area contributed by atoms with Gasteiger partial charge in [-0.05, 0) is 24.8 Å². The van der Waals surface area contributed by atoms with Crippen molar-refractivity contribution in [1.29, 1.82) is 0 Å². The van der Waals surface area contributed by atoms with Gasteiger partial charge >= 0.3 is 0 Å². The van der Waals surface area contributed by atoms with Crippen molar-refractivity contribution in [3.05, 3.63) is 24.0 Å². The molecule has 2 rings (SSSR count). The lowest BCUT2D eigenvalue weighted by Crippen LogP contribution is -2.21. The van der Waals surface area contributed by atoms with Crippen molar-refractivity contribution in [2.45, 2.75) is 19.4 Å². The maximum absolute atomic E-state index is 9.12. The van der Waals surface area contributed by atoms with E-state index in [1.54, 1.807) is 18.5 Å². The Labute approximate surface area is 95.2 Å². The zero-order valence-corrected chi connectivity index (χ0v) is 9.26. The normalized spacial score (nSPS) is 17.3. The van der Waals surface area contributed by atoms with Gasteiger partial charge in [-0.15, -0.1) is 0 Å². The number of hydrogen-bond donors (Lipinski definition) is 1. The summed E-state index contributed by atoms with van der Waals surface area (Å²) in [5.41, 5.74) is 0.745. The monoisotopic (exact) mass is 223 g/mol. The largest absolute Gasteiger partial charge is 0.493 e. The molecule has 16 heavy (non-hydrogen) atoms. The first-order valence-electron chi connectivity index (χ1n) is 5.64. The third-order valence-corrected chi connectivity index (χ3v) is 2.84. The van der Waals surface area contributed by atoms with E-state index in [-0.39, 0.29) is 6.61 Å². The molecule has 1 aromatic heterocycles. The van der Waals surface area contributed by atoms with Gasteiger partial charge in [0, 0.05) is 31.2 Å². The second-order valence-corrected chi connectivity index (χ2v) is 4.01. The first-order valence-corrected chi connectivity index (χ1v) is 5.64. The van der Waals surface area contributed by atoms with E-state index in [0.717, 1.165) is 37.4 Å². The lowest BCUT2D eigenvalue weighted by molar-refractivity contribution is 0.0494. The molecular formula is C12H17NO3. The summed E-state index contributed by atoms with van der Waals surface area (Å²) in [7, 11) is 0. The Bertz CT molecular complexity index is 324. The highest BCUT2D eigenvalue weighted by molar-refractivity contribution is 5.29. The Hall–Kier alpha value is -1.13. The van der Waals surface area contributed by atoms with Crippen molar-refractivity contribution < 1.29 is 14.6 Å². The van der Waals surface area contributed by atoms with E-state index in [1.807, 2.05) is 0 Å². The van der Waals surface area contributed by atoms with Crippen LogP contribution in [0.5, 0.6) is 5.75 Å². The number of hydrogen-bond acceptors (Lipinski definition) is 4. The van der Waals surface area contributed by atoms with Gasteiger partial charge in [0.15, 0.2) is 0 Å². The Balaban J connectivity index is 1.88. The van der Waals surface area contributed by atoms with Gasteiger partial charge in [-0.3, -0.25) is 4.98 Å². The first-order chi connectivity index (χ1) is 7.90. The topological polar surface area (TPSA) is 51.6 Å². The Kier molecular flexibility index (Phi) is 4.13. The molecule has 1 fully saturated rings. The van der Waals surface area contributed by atoms with Gasteiger partial charge in [0.1, 0.15) is 5.75 Å². The molecule has 0 radical (unpaired) electrons. The average molecular weight is 223 g/mol. The third kappa shape index (κ3) is 2.93. The number of aromatic nitrogens is 1. The maximum atomic E-state index is 9.12. The molecule has 0 amide bonds. The van der Waals surface area contributed by atoms with Crippen molar-refractivity contribution in [1.82, 2.24) is 4.98 Å². The molecule has 2 heterocycles. The highest BCUT2D eigenvalue weighted by atomic mass is 16.5. The fourth-order valence-electron chi connectivity index (χ4n) is 1.79. The first kappa shape index (κ1) is 11.4. The molecule has 0 unspecified atom stereocenters. The molecule has 4 heteroatoms. The van der Waals surface area contributed by atoms with Gasteiger partial charge in [-0.25, -0.2) is 0 Å². The summed E-state index contributed by atoms with van der Waals surface area (Å²) < 4.78 is 11.0. The molecule has 0 bridgehead atoms. The van der Waals surface area contributed by atoms with E-state index in [1.165, 1.54) is 0 Å². The van der Waals surface area contributed by atoms with Gasteiger partial charge in [0.05, 0.1) is 13.2 Å². The SMILES string of the molecule is OCc1cnccc1OCC1CCOCC1. The predicted molar refractivity (Wildman–Crippen MR) is 59.2 cm³/mol.